The quantitative estimate of drug-likeness (QED) is 0.796. The van der Waals surface area contributed by atoms with Gasteiger partial charge in [-0.2, -0.15) is 5.10 Å². The maximum absolute atomic E-state index is 12.2. The number of hydrogen-bond donors (Lipinski definition) is 1. The van der Waals surface area contributed by atoms with E-state index in [2.05, 4.69) is 15.4 Å². The minimum Gasteiger partial charge on any atom is -0.454 e. The lowest BCUT2D eigenvalue weighted by Gasteiger charge is -2.04. The van der Waals surface area contributed by atoms with Crippen molar-refractivity contribution in [1.82, 2.24) is 19.9 Å². The van der Waals surface area contributed by atoms with Crippen molar-refractivity contribution in [3.8, 4) is 11.5 Å². The molecule has 1 aliphatic heterocycles. The maximum Gasteiger partial charge on any atom is 0.251 e. The van der Waals surface area contributed by atoms with Gasteiger partial charge in [-0.3, -0.25) is 4.79 Å². The number of aryl methyl sites for hydroxylation is 1. The topological polar surface area (TPSA) is 77.8 Å². The fourth-order valence-electron chi connectivity index (χ4n) is 2.22. The number of amides is 1. The van der Waals surface area contributed by atoms with E-state index in [9.17, 15) is 4.79 Å². The first-order chi connectivity index (χ1) is 10.7. The summed E-state index contributed by atoms with van der Waals surface area (Å²) in [5.41, 5.74) is 1.45. The molecule has 0 saturated carbocycles. The molecule has 3 aromatic rings. The third-order valence-electron chi connectivity index (χ3n) is 3.24. The molecule has 4 rings (SSSR count). The largest absolute Gasteiger partial charge is 0.454 e. The van der Waals surface area contributed by atoms with E-state index in [1.165, 1.54) is 11.3 Å². The third kappa shape index (κ3) is 2.27. The SMILES string of the molecule is Cc1cn2nc(CNC(=O)c3ccc4c(c3)OCO4)sc2n1. The molecule has 112 valence electrons. The van der Waals surface area contributed by atoms with Gasteiger partial charge in [-0.05, 0) is 25.1 Å². The smallest absolute Gasteiger partial charge is 0.251 e. The van der Waals surface area contributed by atoms with Gasteiger partial charge in [-0.25, -0.2) is 9.50 Å². The normalized spacial score (nSPS) is 12.8. The highest BCUT2D eigenvalue weighted by molar-refractivity contribution is 7.16. The lowest BCUT2D eigenvalue weighted by atomic mass is 10.2. The van der Waals surface area contributed by atoms with Gasteiger partial charge in [0.25, 0.3) is 5.91 Å². The summed E-state index contributed by atoms with van der Waals surface area (Å²) in [4.78, 5) is 17.3. The van der Waals surface area contributed by atoms with E-state index in [-0.39, 0.29) is 12.7 Å². The first kappa shape index (κ1) is 13.1. The lowest BCUT2D eigenvalue weighted by Crippen LogP contribution is -2.22. The Hall–Kier alpha value is -2.61. The minimum absolute atomic E-state index is 0.178. The molecule has 0 atom stereocenters. The molecule has 0 saturated heterocycles. The predicted molar refractivity (Wildman–Crippen MR) is 79.3 cm³/mol. The predicted octanol–water partition coefficient (Wildman–Crippen LogP) is 1.76. The Labute approximate surface area is 129 Å². The van der Waals surface area contributed by atoms with Crippen molar-refractivity contribution in [2.45, 2.75) is 13.5 Å². The van der Waals surface area contributed by atoms with Crippen LogP contribution >= 0.6 is 11.3 Å². The fraction of sp³-hybridized carbons (Fsp3) is 0.214. The van der Waals surface area contributed by atoms with E-state index in [0.717, 1.165) is 15.7 Å². The zero-order valence-electron chi connectivity index (χ0n) is 11.7. The summed E-state index contributed by atoms with van der Waals surface area (Å²) in [5, 5.41) is 8.02. The molecule has 0 aliphatic carbocycles. The molecule has 7 nitrogen and oxygen atoms in total. The molecule has 1 N–H and O–H groups in total. The highest BCUT2D eigenvalue weighted by Gasteiger charge is 2.16. The molecular weight excluding hydrogens is 304 g/mol. The molecule has 8 heteroatoms. The van der Waals surface area contributed by atoms with E-state index in [4.69, 9.17) is 9.47 Å². The van der Waals surface area contributed by atoms with Crippen molar-refractivity contribution in [2.24, 2.45) is 0 Å². The van der Waals surface area contributed by atoms with Crippen LogP contribution in [0.3, 0.4) is 0 Å². The highest BCUT2D eigenvalue weighted by atomic mass is 32.1. The van der Waals surface area contributed by atoms with Crippen molar-refractivity contribution in [3.63, 3.8) is 0 Å². The van der Waals surface area contributed by atoms with Gasteiger partial charge in [0, 0.05) is 5.56 Å². The summed E-state index contributed by atoms with van der Waals surface area (Å²) in [6.45, 7) is 2.47. The number of aromatic nitrogens is 3. The average Bonchev–Trinajstić information content (AvgIpc) is 3.17. The Kier molecular flexibility index (Phi) is 2.97. The second-order valence-electron chi connectivity index (χ2n) is 4.86. The van der Waals surface area contributed by atoms with Crippen LogP contribution in [0.4, 0.5) is 0 Å². The molecule has 1 aliphatic rings. The minimum atomic E-state index is -0.178. The molecule has 1 amide bonds. The molecule has 1 aromatic carbocycles. The molecule has 2 aromatic heterocycles. The standard InChI is InChI=1S/C14H12N4O3S/c1-8-6-18-14(16-8)22-12(17-18)5-15-13(19)9-2-3-10-11(4-9)21-7-20-10/h2-4,6H,5,7H2,1H3,(H,15,19). The van der Waals surface area contributed by atoms with Crippen molar-refractivity contribution in [2.75, 3.05) is 6.79 Å². The second kappa shape index (κ2) is 4.99. The van der Waals surface area contributed by atoms with Crippen LogP contribution < -0.4 is 14.8 Å². The van der Waals surface area contributed by atoms with Gasteiger partial charge in [-0.15, -0.1) is 0 Å². The van der Waals surface area contributed by atoms with Crippen LogP contribution in [0.2, 0.25) is 0 Å². The maximum atomic E-state index is 12.2. The molecule has 0 unspecified atom stereocenters. The number of fused-ring (bicyclic) bond motifs is 2. The molecule has 0 radical (unpaired) electrons. The Morgan fingerprint density at radius 3 is 3.14 bits per heavy atom. The van der Waals surface area contributed by atoms with Crippen LogP contribution in [0.25, 0.3) is 4.96 Å². The van der Waals surface area contributed by atoms with Gasteiger partial charge in [-0.1, -0.05) is 11.3 Å². The van der Waals surface area contributed by atoms with E-state index in [1.54, 1.807) is 22.7 Å². The van der Waals surface area contributed by atoms with Gasteiger partial charge in [0.2, 0.25) is 11.8 Å². The van der Waals surface area contributed by atoms with Gasteiger partial charge in [0.15, 0.2) is 11.5 Å². The van der Waals surface area contributed by atoms with Crippen LogP contribution in [0, 0.1) is 6.92 Å². The van der Waals surface area contributed by atoms with Crippen LogP contribution in [-0.4, -0.2) is 27.3 Å². The molecule has 22 heavy (non-hydrogen) atoms. The molecule has 0 fully saturated rings. The number of nitrogens with one attached hydrogen (secondary N) is 1. The Balaban J connectivity index is 1.46. The summed E-state index contributed by atoms with van der Waals surface area (Å²) >= 11 is 1.46. The molecule has 0 bridgehead atoms. The van der Waals surface area contributed by atoms with Crippen molar-refractivity contribution < 1.29 is 14.3 Å². The van der Waals surface area contributed by atoms with Crippen LogP contribution in [-0.2, 0) is 6.54 Å². The second-order valence-corrected chi connectivity index (χ2v) is 5.90. The van der Waals surface area contributed by atoms with Crippen LogP contribution in [0.5, 0.6) is 11.5 Å². The molecular formula is C14H12N4O3S. The van der Waals surface area contributed by atoms with Crippen LogP contribution in [0.1, 0.15) is 21.1 Å². The Morgan fingerprint density at radius 1 is 1.41 bits per heavy atom. The summed E-state index contributed by atoms with van der Waals surface area (Å²) in [5.74, 6) is 1.08. The number of carbonyl (C=O) groups excluding carboxylic acids is 1. The number of rotatable bonds is 3. The number of nitrogens with zero attached hydrogens (tertiary/aromatic N) is 3. The van der Waals surface area contributed by atoms with E-state index in [1.807, 2.05) is 13.1 Å². The van der Waals surface area contributed by atoms with Crippen molar-refractivity contribution in [3.05, 3.63) is 40.7 Å². The summed E-state index contributed by atoms with van der Waals surface area (Å²) in [6.07, 6.45) is 1.86. The Morgan fingerprint density at radius 2 is 2.27 bits per heavy atom. The van der Waals surface area contributed by atoms with Crippen molar-refractivity contribution in [1.29, 1.82) is 0 Å². The number of carbonyl (C=O) groups is 1. The number of hydrogen-bond acceptors (Lipinski definition) is 6. The van der Waals surface area contributed by atoms with Gasteiger partial charge in [0.05, 0.1) is 18.4 Å². The first-order valence-electron chi connectivity index (χ1n) is 6.68. The first-order valence-corrected chi connectivity index (χ1v) is 7.50. The lowest BCUT2D eigenvalue weighted by molar-refractivity contribution is 0.0950. The summed E-state index contributed by atoms with van der Waals surface area (Å²) in [7, 11) is 0. The molecule has 0 spiro atoms. The third-order valence-corrected chi connectivity index (χ3v) is 4.16. The zero-order chi connectivity index (χ0) is 15.1. The fourth-order valence-corrected chi connectivity index (χ4v) is 3.08. The monoisotopic (exact) mass is 316 g/mol. The Bertz CT molecular complexity index is 839. The van der Waals surface area contributed by atoms with Gasteiger partial charge < -0.3 is 14.8 Å². The van der Waals surface area contributed by atoms with E-state index in [0.29, 0.717) is 23.6 Å². The van der Waals surface area contributed by atoms with Gasteiger partial charge >= 0.3 is 0 Å². The summed E-state index contributed by atoms with van der Waals surface area (Å²) in [6, 6.07) is 5.12. The highest BCUT2D eigenvalue weighted by Crippen LogP contribution is 2.32. The van der Waals surface area contributed by atoms with Gasteiger partial charge in [0.1, 0.15) is 5.01 Å². The average molecular weight is 316 g/mol. The van der Waals surface area contributed by atoms with Crippen molar-refractivity contribution >= 4 is 22.2 Å². The van der Waals surface area contributed by atoms with E-state index < -0.39 is 0 Å². The number of imidazole rings is 1. The van der Waals surface area contributed by atoms with E-state index >= 15 is 0 Å². The summed E-state index contributed by atoms with van der Waals surface area (Å²) < 4.78 is 12.2. The number of ether oxygens (including phenoxy) is 2. The molecule has 3 heterocycles. The zero-order valence-corrected chi connectivity index (χ0v) is 12.5. The van der Waals surface area contributed by atoms with Crippen LogP contribution in [0.15, 0.2) is 24.4 Å². The number of benzene rings is 1.